The molecule has 0 aliphatic carbocycles. The summed E-state index contributed by atoms with van der Waals surface area (Å²) in [6.45, 7) is 4.67. The molecule has 108 valence electrons. The second kappa shape index (κ2) is 9.08. The normalized spacial score (nSPS) is 14.3. The van der Waals surface area contributed by atoms with Crippen LogP contribution in [0.3, 0.4) is 0 Å². The van der Waals surface area contributed by atoms with Gasteiger partial charge in [-0.2, -0.15) is 0 Å². The van der Waals surface area contributed by atoms with E-state index in [-0.39, 0.29) is 12.4 Å². The molecule has 2 unspecified atom stereocenters. The zero-order valence-corrected chi connectivity index (χ0v) is 12.2. The van der Waals surface area contributed by atoms with E-state index in [2.05, 4.69) is 13.8 Å². The summed E-state index contributed by atoms with van der Waals surface area (Å²) in [7, 11) is 0. The van der Waals surface area contributed by atoms with E-state index < -0.39 is 0 Å². The number of rotatable bonds is 9. The summed E-state index contributed by atoms with van der Waals surface area (Å²) in [4.78, 5) is 0. The number of halogens is 1. The van der Waals surface area contributed by atoms with Crippen molar-refractivity contribution in [3.8, 4) is 0 Å². The van der Waals surface area contributed by atoms with Gasteiger partial charge in [0.2, 0.25) is 0 Å². The Bertz CT molecular complexity index is 334. The van der Waals surface area contributed by atoms with Crippen molar-refractivity contribution in [3.05, 3.63) is 35.6 Å². The number of unbranched alkanes of at least 4 members (excludes halogenated alkanes) is 1. The van der Waals surface area contributed by atoms with E-state index in [0.717, 1.165) is 18.4 Å². The molecule has 0 saturated heterocycles. The van der Waals surface area contributed by atoms with E-state index in [0.29, 0.717) is 11.8 Å². The first-order valence-electron chi connectivity index (χ1n) is 7.54. The van der Waals surface area contributed by atoms with Gasteiger partial charge in [-0.05, 0) is 42.4 Å². The van der Waals surface area contributed by atoms with Gasteiger partial charge in [0, 0.05) is 6.61 Å². The third-order valence-corrected chi connectivity index (χ3v) is 3.91. The molecule has 19 heavy (non-hydrogen) atoms. The first-order valence-corrected chi connectivity index (χ1v) is 7.54. The van der Waals surface area contributed by atoms with Crippen molar-refractivity contribution in [1.82, 2.24) is 0 Å². The largest absolute Gasteiger partial charge is 0.396 e. The zero-order valence-electron chi connectivity index (χ0n) is 12.2. The minimum Gasteiger partial charge on any atom is -0.396 e. The van der Waals surface area contributed by atoms with Crippen molar-refractivity contribution in [1.29, 1.82) is 0 Å². The molecule has 0 amide bonds. The molecule has 1 rings (SSSR count). The van der Waals surface area contributed by atoms with Crippen LogP contribution in [0, 0.1) is 17.7 Å². The third kappa shape index (κ3) is 6.20. The number of benzene rings is 1. The van der Waals surface area contributed by atoms with Crippen molar-refractivity contribution >= 4 is 0 Å². The first kappa shape index (κ1) is 16.2. The highest BCUT2D eigenvalue weighted by Crippen LogP contribution is 2.24. The molecule has 0 saturated carbocycles. The highest BCUT2D eigenvalue weighted by Gasteiger charge is 2.15. The lowest BCUT2D eigenvalue weighted by Gasteiger charge is -2.21. The van der Waals surface area contributed by atoms with Crippen LogP contribution in [0.4, 0.5) is 4.39 Å². The average molecular weight is 266 g/mol. The van der Waals surface area contributed by atoms with Crippen molar-refractivity contribution in [2.45, 2.75) is 52.4 Å². The molecule has 1 aromatic rings. The van der Waals surface area contributed by atoms with E-state index in [4.69, 9.17) is 0 Å². The number of hydrogen-bond acceptors (Lipinski definition) is 1. The fraction of sp³-hybridized carbons (Fsp3) is 0.647. The Labute approximate surface area is 116 Å². The fourth-order valence-electron chi connectivity index (χ4n) is 2.63. The van der Waals surface area contributed by atoms with Crippen LogP contribution in [0.5, 0.6) is 0 Å². The monoisotopic (exact) mass is 266 g/mol. The smallest absolute Gasteiger partial charge is 0.123 e. The van der Waals surface area contributed by atoms with Crippen LogP contribution in [0.2, 0.25) is 0 Å². The molecular formula is C17H27FO. The SMILES string of the molecule is CCCCC(CC)CC(CO)Cc1ccc(F)cc1. The van der Waals surface area contributed by atoms with Gasteiger partial charge in [0.1, 0.15) is 5.82 Å². The van der Waals surface area contributed by atoms with Crippen molar-refractivity contribution < 1.29 is 9.50 Å². The van der Waals surface area contributed by atoms with Gasteiger partial charge in [-0.25, -0.2) is 4.39 Å². The standard InChI is InChI=1S/C17H27FO/c1-3-5-6-14(4-2)11-16(13-19)12-15-7-9-17(18)10-8-15/h7-10,14,16,19H,3-6,11-13H2,1-2H3. The summed E-state index contributed by atoms with van der Waals surface area (Å²) in [5.74, 6) is 0.809. The Morgan fingerprint density at radius 3 is 2.32 bits per heavy atom. The molecule has 2 atom stereocenters. The maximum atomic E-state index is 12.9. The summed E-state index contributed by atoms with van der Waals surface area (Å²) >= 11 is 0. The molecule has 0 heterocycles. The lowest BCUT2D eigenvalue weighted by atomic mass is 9.86. The Kier molecular flexibility index (Phi) is 7.73. The number of aliphatic hydroxyl groups excluding tert-OH is 1. The minimum absolute atomic E-state index is 0.196. The predicted octanol–water partition coefficient (Wildman–Crippen LogP) is 4.58. The number of hydrogen-bond donors (Lipinski definition) is 1. The maximum absolute atomic E-state index is 12.9. The molecule has 1 N–H and O–H groups in total. The van der Waals surface area contributed by atoms with Crippen molar-refractivity contribution in [3.63, 3.8) is 0 Å². The minimum atomic E-state index is -0.196. The van der Waals surface area contributed by atoms with Gasteiger partial charge < -0.3 is 5.11 Å². The summed E-state index contributed by atoms with van der Waals surface area (Å²) in [6, 6.07) is 6.65. The molecule has 2 heteroatoms. The third-order valence-electron chi connectivity index (χ3n) is 3.91. The van der Waals surface area contributed by atoms with Gasteiger partial charge in [-0.3, -0.25) is 0 Å². The zero-order chi connectivity index (χ0) is 14.1. The molecule has 0 radical (unpaired) electrons. The Morgan fingerprint density at radius 1 is 1.11 bits per heavy atom. The summed E-state index contributed by atoms with van der Waals surface area (Å²) < 4.78 is 12.9. The van der Waals surface area contributed by atoms with Crippen LogP contribution >= 0.6 is 0 Å². The number of aliphatic hydroxyl groups is 1. The second-order valence-corrected chi connectivity index (χ2v) is 5.53. The van der Waals surface area contributed by atoms with Gasteiger partial charge >= 0.3 is 0 Å². The van der Waals surface area contributed by atoms with Crippen LogP contribution in [-0.4, -0.2) is 11.7 Å². The summed E-state index contributed by atoms with van der Waals surface area (Å²) in [6.07, 6.45) is 6.86. The molecule has 0 aliphatic heterocycles. The average Bonchev–Trinajstić information content (AvgIpc) is 2.44. The van der Waals surface area contributed by atoms with E-state index in [9.17, 15) is 9.50 Å². The molecule has 0 aliphatic rings. The van der Waals surface area contributed by atoms with Crippen molar-refractivity contribution in [2.75, 3.05) is 6.61 Å². The molecule has 1 nitrogen and oxygen atoms in total. The van der Waals surface area contributed by atoms with E-state index in [1.54, 1.807) is 0 Å². The van der Waals surface area contributed by atoms with Crippen LogP contribution in [0.1, 0.15) is 51.5 Å². The molecular weight excluding hydrogens is 239 g/mol. The van der Waals surface area contributed by atoms with E-state index >= 15 is 0 Å². The van der Waals surface area contributed by atoms with Gasteiger partial charge in [-0.15, -0.1) is 0 Å². The Balaban J connectivity index is 2.49. The first-order chi connectivity index (χ1) is 9.19. The van der Waals surface area contributed by atoms with E-state index in [1.807, 2.05) is 12.1 Å². The van der Waals surface area contributed by atoms with Gasteiger partial charge in [0.05, 0.1) is 0 Å². The Morgan fingerprint density at radius 2 is 1.79 bits per heavy atom. The fourth-order valence-corrected chi connectivity index (χ4v) is 2.63. The maximum Gasteiger partial charge on any atom is 0.123 e. The topological polar surface area (TPSA) is 20.2 Å². The predicted molar refractivity (Wildman–Crippen MR) is 78.6 cm³/mol. The molecule has 0 aromatic heterocycles. The van der Waals surface area contributed by atoms with Gasteiger partial charge in [-0.1, -0.05) is 51.7 Å². The van der Waals surface area contributed by atoms with Crippen LogP contribution in [0.15, 0.2) is 24.3 Å². The van der Waals surface area contributed by atoms with Crippen molar-refractivity contribution in [2.24, 2.45) is 11.8 Å². The van der Waals surface area contributed by atoms with E-state index in [1.165, 1.54) is 37.8 Å². The highest BCUT2D eigenvalue weighted by molar-refractivity contribution is 5.16. The summed E-state index contributed by atoms with van der Waals surface area (Å²) in [5, 5.41) is 9.54. The van der Waals surface area contributed by atoms with Gasteiger partial charge in [0.25, 0.3) is 0 Å². The van der Waals surface area contributed by atoms with Crippen LogP contribution in [-0.2, 0) is 6.42 Å². The highest BCUT2D eigenvalue weighted by atomic mass is 19.1. The lowest BCUT2D eigenvalue weighted by Crippen LogP contribution is -2.15. The lowest BCUT2D eigenvalue weighted by molar-refractivity contribution is 0.194. The molecule has 0 bridgehead atoms. The van der Waals surface area contributed by atoms with Gasteiger partial charge in [0.15, 0.2) is 0 Å². The molecule has 0 fully saturated rings. The van der Waals surface area contributed by atoms with Crippen LogP contribution < -0.4 is 0 Å². The Hall–Kier alpha value is -0.890. The molecule has 1 aromatic carbocycles. The quantitative estimate of drug-likeness (QED) is 0.693. The summed E-state index contributed by atoms with van der Waals surface area (Å²) in [5.41, 5.74) is 1.12. The van der Waals surface area contributed by atoms with Crippen LogP contribution in [0.25, 0.3) is 0 Å². The second-order valence-electron chi connectivity index (χ2n) is 5.53. The molecule has 0 spiro atoms.